The number of rotatable bonds is 3. The van der Waals surface area contributed by atoms with Crippen molar-refractivity contribution in [2.24, 2.45) is 5.92 Å². The van der Waals surface area contributed by atoms with Crippen molar-refractivity contribution in [2.75, 3.05) is 0 Å². The summed E-state index contributed by atoms with van der Waals surface area (Å²) in [4.78, 5) is 18.9. The molecule has 1 fully saturated rings. The number of aromatic carboxylic acids is 1. The number of hydrogen-bond donors (Lipinski definition) is 2. The van der Waals surface area contributed by atoms with Crippen LogP contribution < -0.4 is 0 Å². The maximum absolute atomic E-state index is 11.2. The molecule has 0 amide bonds. The van der Waals surface area contributed by atoms with Crippen LogP contribution in [0.5, 0.6) is 0 Å². The van der Waals surface area contributed by atoms with Crippen LogP contribution in [-0.2, 0) is 6.42 Å². The summed E-state index contributed by atoms with van der Waals surface area (Å²) in [6, 6.07) is 3.47. The zero-order valence-corrected chi connectivity index (χ0v) is 11.3. The second-order valence-corrected chi connectivity index (χ2v) is 5.75. The number of H-pyrrole nitrogens is 1. The Morgan fingerprint density at radius 3 is 2.89 bits per heavy atom. The number of carboxylic acids is 1. The van der Waals surface area contributed by atoms with Gasteiger partial charge in [0.1, 0.15) is 11.3 Å². The highest BCUT2D eigenvalue weighted by Crippen LogP contribution is 2.30. The molecule has 1 aliphatic rings. The maximum atomic E-state index is 11.2. The van der Waals surface area contributed by atoms with Crippen LogP contribution in [0.15, 0.2) is 16.6 Å². The molecular weight excluding hydrogens is 296 g/mol. The summed E-state index contributed by atoms with van der Waals surface area (Å²) < 4.78 is 0.756. The molecule has 94 valence electrons. The summed E-state index contributed by atoms with van der Waals surface area (Å²) in [5, 5.41) is 9.18. The lowest BCUT2D eigenvalue weighted by Crippen LogP contribution is -2.14. The Morgan fingerprint density at radius 1 is 1.50 bits per heavy atom. The number of carboxylic acid groups (broad SMARTS) is 1. The molecule has 18 heavy (non-hydrogen) atoms. The van der Waals surface area contributed by atoms with Gasteiger partial charge in [0.15, 0.2) is 0 Å². The lowest BCUT2D eigenvalue weighted by molar-refractivity contribution is 0.0699. The SMILES string of the molecule is O=C(O)c1cc(Br)cc2[nH]c(CC3CCC3)nc12. The molecule has 1 saturated carbocycles. The van der Waals surface area contributed by atoms with E-state index in [0.717, 1.165) is 22.2 Å². The first kappa shape index (κ1) is 11.7. The molecule has 1 heterocycles. The van der Waals surface area contributed by atoms with Crippen molar-refractivity contribution in [1.82, 2.24) is 9.97 Å². The second kappa shape index (κ2) is 4.39. The number of nitrogens with one attached hydrogen (secondary N) is 1. The smallest absolute Gasteiger partial charge is 0.338 e. The molecule has 2 N–H and O–H groups in total. The van der Waals surface area contributed by atoms with Gasteiger partial charge in [0.05, 0.1) is 11.1 Å². The van der Waals surface area contributed by atoms with Crippen molar-refractivity contribution < 1.29 is 9.90 Å². The van der Waals surface area contributed by atoms with Crippen molar-refractivity contribution in [1.29, 1.82) is 0 Å². The van der Waals surface area contributed by atoms with Crippen LogP contribution in [0.25, 0.3) is 11.0 Å². The fourth-order valence-electron chi connectivity index (χ4n) is 2.36. The van der Waals surface area contributed by atoms with Crippen LogP contribution in [0.1, 0.15) is 35.4 Å². The summed E-state index contributed by atoms with van der Waals surface area (Å²) in [6.07, 6.45) is 4.74. The third kappa shape index (κ3) is 2.03. The first-order valence-corrected chi connectivity index (χ1v) is 6.84. The molecule has 2 aromatic rings. The Kier molecular flexibility index (Phi) is 2.86. The van der Waals surface area contributed by atoms with E-state index in [4.69, 9.17) is 0 Å². The van der Waals surface area contributed by atoms with Crippen LogP contribution in [0.4, 0.5) is 0 Å². The topological polar surface area (TPSA) is 66.0 Å². The Balaban J connectivity index is 2.04. The summed E-state index contributed by atoms with van der Waals surface area (Å²) in [5.41, 5.74) is 1.59. The van der Waals surface area contributed by atoms with Gasteiger partial charge in [0, 0.05) is 10.9 Å². The molecule has 0 atom stereocenters. The number of benzene rings is 1. The predicted octanol–water partition coefficient (Wildman–Crippen LogP) is 3.37. The normalized spacial score (nSPS) is 15.8. The van der Waals surface area contributed by atoms with Gasteiger partial charge in [-0.3, -0.25) is 0 Å². The van der Waals surface area contributed by atoms with Crippen molar-refractivity contribution in [3.8, 4) is 0 Å². The Morgan fingerprint density at radius 2 is 2.28 bits per heavy atom. The van der Waals surface area contributed by atoms with E-state index in [1.807, 2.05) is 6.07 Å². The van der Waals surface area contributed by atoms with E-state index in [9.17, 15) is 9.90 Å². The number of carbonyl (C=O) groups is 1. The number of fused-ring (bicyclic) bond motifs is 1. The fourth-order valence-corrected chi connectivity index (χ4v) is 2.82. The van der Waals surface area contributed by atoms with Crippen molar-refractivity contribution in [2.45, 2.75) is 25.7 Å². The van der Waals surface area contributed by atoms with Crippen LogP contribution in [0.2, 0.25) is 0 Å². The molecule has 0 bridgehead atoms. The maximum Gasteiger partial charge on any atom is 0.338 e. The minimum Gasteiger partial charge on any atom is -0.478 e. The van der Waals surface area contributed by atoms with Crippen molar-refractivity contribution in [3.63, 3.8) is 0 Å². The van der Waals surface area contributed by atoms with E-state index in [0.29, 0.717) is 11.4 Å². The summed E-state index contributed by atoms with van der Waals surface area (Å²) >= 11 is 3.33. The van der Waals surface area contributed by atoms with E-state index in [2.05, 4.69) is 25.9 Å². The molecule has 4 nitrogen and oxygen atoms in total. The van der Waals surface area contributed by atoms with E-state index in [1.54, 1.807) is 6.07 Å². The number of aromatic nitrogens is 2. The molecule has 1 aromatic heterocycles. The third-order valence-corrected chi connectivity index (χ3v) is 4.00. The highest BCUT2D eigenvalue weighted by molar-refractivity contribution is 9.10. The van der Waals surface area contributed by atoms with Gasteiger partial charge in [-0.05, 0) is 18.1 Å². The van der Waals surface area contributed by atoms with Crippen LogP contribution in [0.3, 0.4) is 0 Å². The summed E-state index contributed by atoms with van der Waals surface area (Å²) in [5.74, 6) is 0.667. The van der Waals surface area contributed by atoms with Crippen LogP contribution in [0, 0.1) is 5.92 Å². The average molecular weight is 309 g/mol. The molecule has 1 aliphatic carbocycles. The van der Waals surface area contributed by atoms with Crippen molar-refractivity contribution >= 4 is 32.9 Å². The first-order valence-electron chi connectivity index (χ1n) is 6.05. The van der Waals surface area contributed by atoms with Crippen LogP contribution >= 0.6 is 15.9 Å². The van der Waals surface area contributed by atoms with Gasteiger partial charge in [-0.25, -0.2) is 9.78 Å². The van der Waals surface area contributed by atoms with Gasteiger partial charge in [-0.1, -0.05) is 35.2 Å². The van der Waals surface area contributed by atoms with Gasteiger partial charge in [-0.15, -0.1) is 0 Å². The molecule has 0 unspecified atom stereocenters. The number of aromatic amines is 1. The zero-order valence-electron chi connectivity index (χ0n) is 9.74. The minimum absolute atomic E-state index is 0.246. The Bertz CT molecular complexity index is 617. The first-order chi connectivity index (χ1) is 8.63. The third-order valence-electron chi connectivity index (χ3n) is 3.54. The molecule has 0 saturated heterocycles. The number of imidazole rings is 1. The largest absolute Gasteiger partial charge is 0.478 e. The van der Waals surface area contributed by atoms with Gasteiger partial charge in [-0.2, -0.15) is 0 Å². The lowest BCUT2D eigenvalue weighted by atomic mass is 9.83. The predicted molar refractivity (Wildman–Crippen MR) is 71.8 cm³/mol. The number of halogens is 1. The van der Waals surface area contributed by atoms with Crippen molar-refractivity contribution in [3.05, 3.63) is 28.0 Å². The summed E-state index contributed by atoms with van der Waals surface area (Å²) in [7, 11) is 0. The fraction of sp³-hybridized carbons (Fsp3) is 0.385. The molecule has 3 rings (SSSR count). The van der Waals surface area contributed by atoms with E-state index < -0.39 is 5.97 Å². The average Bonchev–Trinajstić information content (AvgIpc) is 2.64. The molecular formula is C13H13BrN2O2. The van der Waals surface area contributed by atoms with Gasteiger partial charge in [0.2, 0.25) is 0 Å². The monoisotopic (exact) mass is 308 g/mol. The standard InChI is InChI=1S/C13H13BrN2O2/c14-8-5-9(13(17)18)12-10(6-8)15-11(16-12)4-7-2-1-3-7/h5-7H,1-4H2,(H,15,16)(H,17,18). The molecule has 0 aliphatic heterocycles. The van der Waals surface area contributed by atoms with E-state index in [1.165, 1.54) is 19.3 Å². The van der Waals surface area contributed by atoms with E-state index >= 15 is 0 Å². The summed E-state index contributed by atoms with van der Waals surface area (Å²) in [6.45, 7) is 0. The second-order valence-electron chi connectivity index (χ2n) is 4.84. The number of nitrogens with zero attached hydrogens (tertiary/aromatic N) is 1. The Hall–Kier alpha value is -1.36. The highest BCUT2D eigenvalue weighted by Gasteiger charge is 2.20. The molecule has 0 radical (unpaired) electrons. The van der Waals surface area contributed by atoms with Crippen LogP contribution in [-0.4, -0.2) is 21.0 Å². The molecule has 1 aromatic carbocycles. The molecule has 0 spiro atoms. The quantitative estimate of drug-likeness (QED) is 0.913. The van der Waals surface area contributed by atoms with Gasteiger partial charge in [0.25, 0.3) is 0 Å². The Labute approximate surface area is 113 Å². The zero-order chi connectivity index (χ0) is 12.7. The minimum atomic E-state index is -0.942. The van der Waals surface area contributed by atoms with Gasteiger partial charge >= 0.3 is 5.97 Å². The lowest BCUT2D eigenvalue weighted by Gasteiger charge is -2.23. The molecule has 5 heteroatoms. The van der Waals surface area contributed by atoms with E-state index in [-0.39, 0.29) is 5.56 Å². The highest BCUT2D eigenvalue weighted by atomic mass is 79.9. The number of hydrogen-bond acceptors (Lipinski definition) is 2. The van der Waals surface area contributed by atoms with Gasteiger partial charge < -0.3 is 10.1 Å².